The average molecular weight is 258 g/mol. The second kappa shape index (κ2) is 8.34. The first-order valence-electron chi connectivity index (χ1n) is 5.89. The third-order valence-electron chi connectivity index (χ3n) is 2.32. The van der Waals surface area contributed by atoms with E-state index in [1.54, 1.807) is 7.11 Å². The number of para-hydroxylation sites is 1. The van der Waals surface area contributed by atoms with Gasteiger partial charge in [0.1, 0.15) is 12.4 Å². The summed E-state index contributed by atoms with van der Waals surface area (Å²) in [5.41, 5.74) is 1.09. The molecule has 4 heteroatoms. The number of hydrogen-bond donors (Lipinski definition) is 1. The molecule has 0 heterocycles. The van der Waals surface area contributed by atoms with E-state index in [9.17, 15) is 0 Å². The lowest BCUT2D eigenvalue weighted by molar-refractivity contribution is 0.145. The van der Waals surface area contributed by atoms with Gasteiger partial charge in [-0.05, 0) is 19.0 Å². The lowest BCUT2D eigenvalue weighted by Gasteiger charge is -2.13. The number of methoxy groups -OCH3 is 1. The molecule has 3 nitrogen and oxygen atoms in total. The molecule has 0 amide bonds. The van der Waals surface area contributed by atoms with Gasteiger partial charge < -0.3 is 14.8 Å². The molecule has 1 N–H and O–H groups in total. The maximum absolute atomic E-state index is 6.13. The number of nitrogens with one attached hydrogen (secondary N) is 1. The van der Waals surface area contributed by atoms with Crippen LogP contribution in [0.4, 0.5) is 0 Å². The van der Waals surface area contributed by atoms with Crippen molar-refractivity contribution in [2.75, 3.05) is 26.9 Å². The van der Waals surface area contributed by atoms with Gasteiger partial charge in [-0.1, -0.05) is 30.7 Å². The van der Waals surface area contributed by atoms with Crippen LogP contribution in [0, 0.1) is 0 Å². The van der Waals surface area contributed by atoms with Crippen molar-refractivity contribution in [3.8, 4) is 5.75 Å². The summed E-state index contributed by atoms with van der Waals surface area (Å²) in [7, 11) is 1.65. The molecule has 0 saturated carbocycles. The molecule has 0 spiro atoms. The maximum Gasteiger partial charge on any atom is 0.142 e. The van der Waals surface area contributed by atoms with Crippen LogP contribution in [0.3, 0.4) is 0 Å². The van der Waals surface area contributed by atoms with Crippen LogP contribution in [0.2, 0.25) is 5.02 Å². The highest BCUT2D eigenvalue weighted by atomic mass is 35.5. The lowest BCUT2D eigenvalue weighted by atomic mass is 10.2. The molecule has 0 unspecified atom stereocenters. The highest BCUT2D eigenvalue weighted by molar-refractivity contribution is 6.32. The number of halogens is 1. The Labute approximate surface area is 108 Å². The van der Waals surface area contributed by atoms with Crippen LogP contribution in [-0.4, -0.2) is 26.9 Å². The van der Waals surface area contributed by atoms with E-state index in [1.165, 1.54) is 0 Å². The summed E-state index contributed by atoms with van der Waals surface area (Å²) < 4.78 is 10.6. The van der Waals surface area contributed by atoms with Crippen molar-refractivity contribution in [2.24, 2.45) is 0 Å². The monoisotopic (exact) mass is 257 g/mol. The van der Waals surface area contributed by atoms with Crippen molar-refractivity contribution in [3.63, 3.8) is 0 Å². The minimum Gasteiger partial charge on any atom is -0.489 e. The summed E-state index contributed by atoms with van der Waals surface area (Å²) in [5.74, 6) is 0.759. The van der Waals surface area contributed by atoms with Crippen molar-refractivity contribution in [3.05, 3.63) is 28.8 Å². The van der Waals surface area contributed by atoms with Crippen LogP contribution in [0.15, 0.2) is 18.2 Å². The Kier molecular flexibility index (Phi) is 7.01. The summed E-state index contributed by atoms with van der Waals surface area (Å²) in [6, 6.07) is 5.80. The number of hydrogen-bond acceptors (Lipinski definition) is 3. The lowest BCUT2D eigenvalue weighted by Crippen LogP contribution is -2.15. The van der Waals surface area contributed by atoms with Crippen LogP contribution < -0.4 is 10.1 Å². The summed E-state index contributed by atoms with van der Waals surface area (Å²) in [5, 5.41) is 3.99. The van der Waals surface area contributed by atoms with Crippen LogP contribution in [0.5, 0.6) is 5.75 Å². The topological polar surface area (TPSA) is 30.5 Å². The molecule has 1 rings (SSSR count). The fraction of sp³-hybridized carbons (Fsp3) is 0.538. The molecule has 17 heavy (non-hydrogen) atoms. The molecule has 0 fully saturated rings. The van der Waals surface area contributed by atoms with Crippen molar-refractivity contribution in [2.45, 2.75) is 19.9 Å². The smallest absolute Gasteiger partial charge is 0.142 e. The molecule has 0 atom stereocenters. The molecule has 0 aromatic heterocycles. The zero-order chi connectivity index (χ0) is 12.5. The zero-order valence-electron chi connectivity index (χ0n) is 10.5. The molecule has 0 aliphatic rings. The van der Waals surface area contributed by atoms with Crippen molar-refractivity contribution in [1.29, 1.82) is 0 Å². The van der Waals surface area contributed by atoms with Crippen LogP contribution in [-0.2, 0) is 11.3 Å². The summed E-state index contributed by atoms with van der Waals surface area (Å²) >= 11 is 6.13. The third-order valence-corrected chi connectivity index (χ3v) is 2.62. The van der Waals surface area contributed by atoms with Crippen LogP contribution in [0.25, 0.3) is 0 Å². The molecular formula is C13H20ClNO2. The molecule has 1 aromatic carbocycles. The molecular weight excluding hydrogens is 238 g/mol. The molecule has 0 saturated heterocycles. The van der Waals surface area contributed by atoms with Crippen molar-refractivity contribution < 1.29 is 9.47 Å². The van der Waals surface area contributed by atoms with E-state index in [1.807, 2.05) is 18.2 Å². The zero-order valence-corrected chi connectivity index (χ0v) is 11.2. The summed E-state index contributed by atoms with van der Waals surface area (Å²) in [6.45, 7) is 4.98. The molecule has 1 aromatic rings. The van der Waals surface area contributed by atoms with E-state index in [-0.39, 0.29) is 0 Å². The average Bonchev–Trinajstić information content (AvgIpc) is 2.33. The first kappa shape index (κ1) is 14.3. The number of benzene rings is 1. The number of ether oxygens (including phenoxy) is 2. The Balaban J connectivity index is 2.63. The van der Waals surface area contributed by atoms with Crippen molar-refractivity contribution >= 4 is 11.6 Å². The first-order valence-corrected chi connectivity index (χ1v) is 6.27. The quantitative estimate of drug-likeness (QED) is 0.727. The van der Waals surface area contributed by atoms with Gasteiger partial charge in [-0.15, -0.1) is 0 Å². The van der Waals surface area contributed by atoms with Crippen molar-refractivity contribution in [1.82, 2.24) is 5.32 Å². The van der Waals surface area contributed by atoms with E-state index in [0.717, 1.165) is 30.8 Å². The Morgan fingerprint density at radius 3 is 2.82 bits per heavy atom. The largest absolute Gasteiger partial charge is 0.489 e. The predicted octanol–water partition coefficient (Wildman–Crippen LogP) is 2.86. The van der Waals surface area contributed by atoms with E-state index in [4.69, 9.17) is 21.1 Å². The highest BCUT2D eigenvalue weighted by Gasteiger charge is 2.07. The van der Waals surface area contributed by atoms with Gasteiger partial charge in [0.2, 0.25) is 0 Å². The summed E-state index contributed by atoms with van der Waals surface area (Å²) in [6.07, 6.45) is 1.11. The highest BCUT2D eigenvalue weighted by Crippen LogP contribution is 2.28. The van der Waals surface area contributed by atoms with Gasteiger partial charge in [-0.3, -0.25) is 0 Å². The van der Waals surface area contributed by atoms with Gasteiger partial charge in [0.25, 0.3) is 0 Å². The predicted molar refractivity (Wildman–Crippen MR) is 70.8 cm³/mol. The minimum atomic E-state index is 0.515. The Morgan fingerprint density at radius 2 is 2.12 bits per heavy atom. The Morgan fingerprint density at radius 1 is 1.29 bits per heavy atom. The van der Waals surface area contributed by atoms with Crippen LogP contribution >= 0.6 is 11.6 Å². The van der Waals surface area contributed by atoms with Gasteiger partial charge in [0, 0.05) is 19.2 Å². The van der Waals surface area contributed by atoms with E-state index in [2.05, 4.69) is 12.2 Å². The van der Waals surface area contributed by atoms with Gasteiger partial charge in [-0.25, -0.2) is 0 Å². The van der Waals surface area contributed by atoms with E-state index < -0.39 is 0 Å². The molecule has 96 valence electrons. The minimum absolute atomic E-state index is 0.515. The van der Waals surface area contributed by atoms with Gasteiger partial charge in [0.05, 0.1) is 11.6 Å². The van der Waals surface area contributed by atoms with Gasteiger partial charge in [0.15, 0.2) is 0 Å². The van der Waals surface area contributed by atoms with Gasteiger partial charge >= 0.3 is 0 Å². The molecule has 0 aliphatic carbocycles. The SMILES string of the molecule is CCCNCc1cccc(Cl)c1OCCOC. The maximum atomic E-state index is 6.13. The normalized spacial score (nSPS) is 10.5. The fourth-order valence-electron chi connectivity index (χ4n) is 1.48. The summed E-state index contributed by atoms with van der Waals surface area (Å²) in [4.78, 5) is 0. The second-order valence-corrected chi connectivity index (χ2v) is 4.15. The standard InChI is InChI=1S/C13H20ClNO2/c1-3-7-15-10-11-5-4-6-12(14)13(11)17-9-8-16-2/h4-6,15H,3,7-10H2,1-2H3. The second-order valence-electron chi connectivity index (χ2n) is 3.75. The third kappa shape index (κ3) is 4.94. The molecule has 0 aliphatic heterocycles. The Bertz CT molecular complexity index is 331. The molecule has 0 bridgehead atoms. The fourth-order valence-corrected chi connectivity index (χ4v) is 1.73. The van der Waals surface area contributed by atoms with Gasteiger partial charge in [-0.2, -0.15) is 0 Å². The first-order chi connectivity index (χ1) is 8.29. The number of rotatable bonds is 8. The molecule has 0 radical (unpaired) electrons. The van der Waals surface area contributed by atoms with E-state index in [0.29, 0.717) is 18.2 Å². The van der Waals surface area contributed by atoms with E-state index >= 15 is 0 Å². The van der Waals surface area contributed by atoms with Crippen LogP contribution in [0.1, 0.15) is 18.9 Å². The Hall–Kier alpha value is -0.770.